The van der Waals surface area contributed by atoms with E-state index in [4.69, 9.17) is 0 Å². The summed E-state index contributed by atoms with van der Waals surface area (Å²) in [7, 11) is 0. The average Bonchev–Trinajstić information content (AvgIpc) is 2.67. The van der Waals surface area contributed by atoms with E-state index in [9.17, 15) is 9.18 Å². The number of piperazine rings is 1. The highest BCUT2D eigenvalue weighted by molar-refractivity contribution is 5.95. The maximum Gasteiger partial charge on any atom is 0.253 e. The molecule has 0 unspecified atom stereocenters. The van der Waals surface area contributed by atoms with Crippen LogP contribution in [0.5, 0.6) is 0 Å². The first-order chi connectivity index (χ1) is 12.2. The molecule has 0 saturated carbocycles. The van der Waals surface area contributed by atoms with Gasteiger partial charge in [-0.05, 0) is 43.1 Å². The van der Waals surface area contributed by atoms with Gasteiger partial charge in [0.15, 0.2) is 0 Å². The Hall–Kier alpha value is -2.27. The van der Waals surface area contributed by atoms with E-state index < -0.39 is 0 Å². The molecule has 0 N–H and O–H groups in total. The van der Waals surface area contributed by atoms with E-state index in [2.05, 4.69) is 9.88 Å². The van der Waals surface area contributed by atoms with E-state index in [1.807, 2.05) is 23.1 Å². The zero-order valence-corrected chi connectivity index (χ0v) is 14.2. The van der Waals surface area contributed by atoms with E-state index in [0.717, 1.165) is 26.2 Å². The Balaban J connectivity index is 1.55. The van der Waals surface area contributed by atoms with Crippen molar-refractivity contribution in [2.45, 2.75) is 25.3 Å². The van der Waals surface area contributed by atoms with Gasteiger partial charge in [-0.2, -0.15) is 0 Å². The lowest BCUT2D eigenvalue weighted by atomic mass is 9.98. The minimum absolute atomic E-state index is 0.0431. The van der Waals surface area contributed by atoms with Crippen LogP contribution < -0.4 is 0 Å². The number of benzene rings is 1. The fourth-order valence-corrected chi connectivity index (χ4v) is 3.95. The molecule has 2 fully saturated rings. The first-order valence-electron chi connectivity index (χ1n) is 8.95. The Kier molecular flexibility index (Phi) is 4.49. The quantitative estimate of drug-likeness (QED) is 0.843. The standard InChI is InChI=1S/C20H22FN3O/c21-19-13-22-8-7-18(19)15-4-3-5-16(12-15)20(25)24-11-10-23-9-2-1-6-17(23)14-24/h3-5,7-8,12-13,17H,1-2,6,9-11,14H2/t17-/m0/s1. The number of amides is 1. The summed E-state index contributed by atoms with van der Waals surface area (Å²) in [5.74, 6) is -0.329. The highest BCUT2D eigenvalue weighted by Crippen LogP contribution is 2.25. The summed E-state index contributed by atoms with van der Waals surface area (Å²) in [4.78, 5) is 21.2. The van der Waals surface area contributed by atoms with Crippen LogP contribution in [0.2, 0.25) is 0 Å². The number of rotatable bonds is 2. The molecule has 5 heteroatoms. The number of halogens is 1. The third-order valence-corrected chi connectivity index (χ3v) is 5.32. The number of hydrogen-bond donors (Lipinski definition) is 0. The van der Waals surface area contributed by atoms with Gasteiger partial charge >= 0.3 is 0 Å². The molecule has 1 amide bonds. The van der Waals surface area contributed by atoms with Gasteiger partial charge in [-0.15, -0.1) is 0 Å². The SMILES string of the molecule is O=C(c1cccc(-c2ccncc2F)c1)N1CCN2CCCC[C@H]2C1. The van der Waals surface area contributed by atoms with Gasteiger partial charge in [0.2, 0.25) is 0 Å². The summed E-state index contributed by atoms with van der Waals surface area (Å²) in [5, 5.41) is 0. The van der Waals surface area contributed by atoms with Gasteiger partial charge in [0.1, 0.15) is 5.82 Å². The zero-order chi connectivity index (χ0) is 17.2. The van der Waals surface area contributed by atoms with Gasteiger partial charge in [-0.3, -0.25) is 14.7 Å². The molecule has 2 aliphatic heterocycles. The van der Waals surface area contributed by atoms with Crippen molar-refractivity contribution in [3.63, 3.8) is 0 Å². The van der Waals surface area contributed by atoms with Gasteiger partial charge in [-0.25, -0.2) is 4.39 Å². The zero-order valence-electron chi connectivity index (χ0n) is 14.2. The predicted octanol–water partition coefficient (Wildman–Crippen LogP) is 3.20. The molecule has 4 rings (SSSR count). The van der Waals surface area contributed by atoms with Crippen LogP contribution in [-0.2, 0) is 0 Å². The number of piperidine rings is 1. The molecule has 4 nitrogen and oxygen atoms in total. The largest absolute Gasteiger partial charge is 0.336 e. The second-order valence-corrected chi connectivity index (χ2v) is 6.87. The van der Waals surface area contributed by atoms with Crippen molar-refractivity contribution < 1.29 is 9.18 Å². The van der Waals surface area contributed by atoms with E-state index in [0.29, 0.717) is 22.7 Å². The lowest BCUT2D eigenvalue weighted by molar-refractivity contribution is 0.0372. The molecule has 130 valence electrons. The Bertz CT molecular complexity index is 779. The second kappa shape index (κ2) is 6.92. The van der Waals surface area contributed by atoms with Crippen molar-refractivity contribution in [3.05, 3.63) is 54.1 Å². The minimum atomic E-state index is -0.372. The highest BCUT2D eigenvalue weighted by Gasteiger charge is 2.31. The number of pyridine rings is 1. The van der Waals surface area contributed by atoms with Crippen molar-refractivity contribution in [2.24, 2.45) is 0 Å². The molecule has 2 aromatic rings. The smallest absolute Gasteiger partial charge is 0.253 e. The van der Waals surface area contributed by atoms with Crippen LogP contribution in [0.15, 0.2) is 42.7 Å². The van der Waals surface area contributed by atoms with Crippen LogP contribution in [0.25, 0.3) is 11.1 Å². The first-order valence-corrected chi connectivity index (χ1v) is 8.95. The van der Waals surface area contributed by atoms with Gasteiger partial charge in [0.25, 0.3) is 5.91 Å². The van der Waals surface area contributed by atoms with Crippen molar-refractivity contribution in [1.29, 1.82) is 0 Å². The van der Waals surface area contributed by atoms with Gasteiger partial charge < -0.3 is 4.90 Å². The third kappa shape index (κ3) is 3.29. The summed E-state index contributed by atoms with van der Waals surface area (Å²) >= 11 is 0. The fraction of sp³-hybridized carbons (Fsp3) is 0.400. The molecule has 25 heavy (non-hydrogen) atoms. The van der Waals surface area contributed by atoms with Gasteiger partial charge in [0, 0.05) is 43.0 Å². The number of aromatic nitrogens is 1. The van der Waals surface area contributed by atoms with Crippen molar-refractivity contribution >= 4 is 5.91 Å². The van der Waals surface area contributed by atoms with Crippen LogP contribution >= 0.6 is 0 Å². The number of nitrogens with zero attached hydrogens (tertiary/aromatic N) is 3. The van der Waals surface area contributed by atoms with E-state index in [1.165, 1.54) is 25.5 Å². The molecule has 2 saturated heterocycles. The fourth-order valence-electron chi connectivity index (χ4n) is 3.95. The van der Waals surface area contributed by atoms with Crippen LogP contribution in [0, 0.1) is 5.82 Å². The van der Waals surface area contributed by atoms with Gasteiger partial charge in [0.05, 0.1) is 6.20 Å². The monoisotopic (exact) mass is 339 g/mol. The molecular formula is C20H22FN3O. The molecule has 3 heterocycles. The molecule has 0 radical (unpaired) electrons. The van der Waals surface area contributed by atoms with E-state index in [-0.39, 0.29) is 11.7 Å². The van der Waals surface area contributed by atoms with Crippen LogP contribution in [0.3, 0.4) is 0 Å². The van der Waals surface area contributed by atoms with Crippen molar-refractivity contribution in [1.82, 2.24) is 14.8 Å². The maximum absolute atomic E-state index is 14.0. The number of hydrogen-bond acceptors (Lipinski definition) is 3. The lowest BCUT2D eigenvalue weighted by Gasteiger charge is -2.44. The van der Waals surface area contributed by atoms with Crippen LogP contribution in [-0.4, -0.2) is 52.9 Å². The predicted molar refractivity (Wildman–Crippen MR) is 94.7 cm³/mol. The lowest BCUT2D eigenvalue weighted by Crippen LogP contribution is -2.56. The summed E-state index contributed by atoms with van der Waals surface area (Å²) in [6.45, 7) is 3.68. The molecule has 1 aromatic carbocycles. The number of carbonyl (C=O) groups is 1. The molecule has 0 spiro atoms. The molecule has 1 aromatic heterocycles. The average molecular weight is 339 g/mol. The Morgan fingerprint density at radius 3 is 2.96 bits per heavy atom. The minimum Gasteiger partial charge on any atom is -0.336 e. The summed E-state index contributed by atoms with van der Waals surface area (Å²) in [5.41, 5.74) is 1.81. The molecule has 2 aliphatic rings. The molecule has 0 bridgehead atoms. The molecule has 1 atom stereocenters. The van der Waals surface area contributed by atoms with Crippen LogP contribution in [0.4, 0.5) is 4.39 Å². The Labute approximate surface area is 147 Å². The number of carbonyl (C=O) groups excluding carboxylic acids is 1. The second-order valence-electron chi connectivity index (χ2n) is 6.87. The first kappa shape index (κ1) is 16.2. The Morgan fingerprint density at radius 1 is 1.16 bits per heavy atom. The summed E-state index contributed by atoms with van der Waals surface area (Å²) in [6, 6.07) is 9.38. The van der Waals surface area contributed by atoms with Crippen molar-refractivity contribution in [2.75, 3.05) is 26.2 Å². The van der Waals surface area contributed by atoms with E-state index >= 15 is 0 Å². The van der Waals surface area contributed by atoms with Crippen molar-refractivity contribution in [3.8, 4) is 11.1 Å². The summed E-state index contributed by atoms with van der Waals surface area (Å²) in [6.07, 6.45) is 6.46. The van der Waals surface area contributed by atoms with Gasteiger partial charge in [-0.1, -0.05) is 18.6 Å². The van der Waals surface area contributed by atoms with E-state index in [1.54, 1.807) is 18.3 Å². The topological polar surface area (TPSA) is 36.4 Å². The molecule has 0 aliphatic carbocycles. The Morgan fingerprint density at radius 2 is 2.08 bits per heavy atom. The summed E-state index contributed by atoms with van der Waals surface area (Å²) < 4.78 is 14.0. The third-order valence-electron chi connectivity index (χ3n) is 5.32. The normalized spacial score (nSPS) is 21.0. The molecular weight excluding hydrogens is 317 g/mol. The maximum atomic E-state index is 14.0. The highest BCUT2D eigenvalue weighted by atomic mass is 19.1. The van der Waals surface area contributed by atoms with Crippen LogP contribution in [0.1, 0.15) is 29.6 Å². The number of fused-ring (bicyclic) bond motifs is 1.